The molecule has 3 N–H and O–H groups in total. The van der Waals surface area contributed by atoms with E-state index in [9.17, 15) is 4.79 Å². The molecule has 0 fully saturated rings. The summed E-state index contributed by atoms with van der Waals surface area (Å²) in [6.07, 6.45) is 0.949. The number of carbonyl (C=O) groups is 1. The van der Waals surface area contributed by atoms with Gasteiger partial charge in [-0.3, -0.25) is 4.79 Å². The van der Waals surface area contributed by atoms with Crippen molar-refractivity contribution in [3.63, 3.8) is 0 Å². The van der Waals surface area contributed by atoms with Crippen molar-refractivity contribution >= 4 is 23.3 Å². The van der Waals surface area contributed by atoms with E-state index in [1.54, 1.807) is 26.1 Å². The smallest absolute Gasteiger partial charge is 0.319 e. The number of hydrogen-bond acceptors (Lipinski definition) is 5. The molecule has 0 bridgehead atoms. The van der Waals surface area contributed by atoms with Gasteiger partial charge in [0.2, 0.25) is 0 Å². The fourth-order valence-electron chi connectivity index (χ4n) is 1.27. The van der Waals surface area contributed by atoms with Gasteiger partial charge in [0.1, 0.15) is 18.5 Å². The maximum absolute atomic E-state index is 10.9. The number of nitrogens with two attached hydrogens (primary N) is 1. The molecular formula is C15H25ClN2O3. The molecule has 1 rings (SSSR count). The summed E-state index contributed by atoms with van der Waals surface area (Å²) in [5.41, 5.74) is 6.02. The number of hydrogen-bond donors (Lipinski definition) is 2. The fourth-order valence-corrected chi connectivity index (χ4v) is 1.43. The first-order valence-corrected chi connectivity index (χ1v) is 7.35. The molecule has 1 aromatic carbocycles. The lowest BCUT2D eigenvalue weighted by molar-refractivity contribution is -0.144. The lowest BCUT2D eigenvalue weighted by Crippen LogP contribution is -2.25. The van der Waals surface area contributed by atoms with E-state index >= 15 is 0 Å². The van der Waals surface area contributed by atoms with Crippen molar-refractivity contribution < 1.29 is 14.3 Å². The predicted octanol–water partition coefficient (Wildman–Crippen LogP) is 3.07. The molecule has 5 nitrogen and oxygen atoms in total. The minimum Gasteiger partial charge on any atom is -0.486 e. The number of halogens is 1. The van der Waals surface area contributed by atoms with Gasteiger partial charge in [0.15, 0.2) is 0 Å². The zero-order chi connectivity index (χ0) is 16.3. The second kappa shape index (κ2) is 11.2. The topological polar surface area (TPSA) is 73.6 Å². The number of ether oxygens (including phenoxy) is 2. The highest BCUT2D eigenvalue weighted by Crippen LogP contribution is 2.28. The first-order chi connectivity index (χ1) is 9.98. The SMILES string of the molecule is CCC.CNc1ccc(Cl)c(OC(C)COC(=O)CN)c1. The van der Waals surface area contributed by atoms with Crippen LogP contribution < -0.4 is 15.8 Å². The van der Waals surface area contributed by atoms with Crippen LogP contribution in [0.3, 0.4) is 0 Å². The molecule has 0 aliphatic rings. The van der Waals surface area contributed by atoms with Gasteiger partial charge in [-0.1, -0.05) is 31.9 Å². The van der Waals surface area contributed by atoms with Crippen LogP contribution in [0.2, 0.25) is 5.02 Å². The van der Waals surface area contributed by atoms with Gasteiger partial charge < -0.3 is 20.5 Å². The van der Waals surface area contributed by atoms with E-state index in [0.717, 1.165) is 5.69 Å². The number of esters is 1. The number of carbonyl (C=O) groups excluding carboxylic acids is 1. The van der Waals surface area contributed by atoms with Crippen molar-refractivity contribution in [2.75, 3.05) is 25.5 Å². The van der Waals surface area contributed by atoms with Crippen LogP contribution in [-0.4, -0.2) is 32.3 Å². The Bertz CT molecular complexity index is 427. The Morgan fingerprint density at radius 1 is 1.43 bits per heavy atom. The van der Waals surface area contributed by atoms with Crippen molar-refractivity contribution in [3.8, 4) is 5.75 Å². The van der Waals surface area contributed by atoms with E-state index in [1.165, 1.54) is 6.42 Å². The lowest BCUT2D eigenvalue weighted by atomic mass is 10.3. The van der Waals surface area contributed by atoms with Crippen molar-refractivity contribution in [3.05, 3.63) is 23.2 Å². The Hall–Kier alpha value is -1.46. The first-order valence-electron chi connectivity index (χ1n) is 6.98. The minimum absolute atomic E-state index is 0.135. The van der Waals surface area contributed by atoms with Crippen LogP contribution in [0.5, 0.6) is 5.75 Å². The van der Waals surface area contributed by atoms with E-state index in [-0.39, 0.29) is 19.3 Å². The third-order valence-electron chi connectivity index (χ3n) is 2.19. The van der Waals surface area contributed by atoms with Gasteiger partial charge in [0.25, 0.3) is 0 Å². The number of anilines is 1. The molecular weight excluding hydrogens is 292 g/mol. The molecule has 0 aliphatic carbocycles. The molecule has 1 aromatic rings. The molecule has 6 heteroatoms. The van der Waals surface area contributed by atoms with E-state index in [1.807, 2.05) is 6.07 Å². The van der Waals surface area contributed by atoms with Gasteiger partial charge in [-0.25, -0.2) is 0 Å². The molecule has 0 amide bonds. The third-order valence-corrected chi connectivity index (χ3v) is 2.51. The summed E-state index contributed by atoms with van der Waals surface area (Å²) in [7, 11) is 1.81. The Labute approximate surface area is 131 Å². The highest BCUT2D eigenvalue weighted by atomic mass is 35.5. The third kappa shape index (κ3) is 8.42. The molecule has 21 heavy (non-hydrogen) atoms. The van der Waals surface area contributed by atoms with E-state index < -0.39 is 5.97 Å². The van der Waals surface area contributed by atoms with Crippen LogP contribution in [-0.2, 0) is 9.53 Å². The summed E-state index contributed by atoms with van der Waals surface area (Å²) < 4.78 is 10.5. The largest absolute Gasteiger partial charge is 0.486 e. The van der Waals surface area contributed by atoms with Crippen LogP contribution in [0.25, 0.3) is 0 Å². The van der Waals surface area contributed by atoms with Gasteiger partial charge >= 0.3 is 5.97 Å². The summed E-state index contributed by atoms with van der Waals surface area (Å²) in [5, 5.41) is 3.49. The Morgan fingerprint density at radius 2 is 2.05 bits per heavy atom. The Kier molecular flexibility index (Phi) is 10.4. The standard InChI is InChI=1S/C12H17ClN2O3.C3H8/c1-8(7-17-12(16)6-14)18-11-5-9(15-2)3-4-10(11)13;1-3-2/h3-5,8,15H,6-7,14H2,1-2H3;3H2,1-2H3. The van der Waals surface area contributed by atoms with Crippen molar-refractivity contribution in [1.82, 2.24) is 0 Å². The van der Waals surface area contributed by atoms with Gasteiger partial charge in [0, 0.05) is 18.8 Å². The summed E-state index contributed by atoms with van der Waals surface area (Å²) in [6, 6.07) is 5.36. The summed E-state index contributed by atoms with van der Waals surface area (Å²) in [5.74, 6) is 0.0836. The van der Waals surface area contributed by atoms with Crippen molar-refractivity contribution in [1.29, 1.82) is 0 Å². The van der Waals surface area contributed by atoms with E-state index in [4.69, 9.17) is 26.8 Å². The highest BCUT2D eigenvalue weighted by molar-refractivity contribution is 6.32. The van der Waals surface area contributed by atoms with Gasteiger partial charge in [-0.2, -0.15) is 0 Å². The molecule has 120 valence electrons. The molecule has 0 aliphatic heterocycles. The van der Waals surface area contributed by atoms with Gasteiger partial charge in [-0.05, 0) is 19.1 Å². The van der Waals surface area contributed by atoms with Gasteiger partial charge in [0.05, 0.1) is 11.6 Å². The molecule has 0 spiro atoms. The number of rotatable bonds is 6. The van der Waals surface area contributed by atoms with Crippen LogP contribution in [0.4, 0.5) is 5.69 Å². The Balaban J connectivity index is 0.00000122. The zero-order valence-corrected chi connectivity index (χ0v) is 13.9. The maximum atomic E-state index is 10.9. The molecule has 0 saturated carbocycles. The molecule has 1 atom stereocenters. The highest BCUT2D eigenvalue weighted by Gasteiger charge is 2.10. The van der Waals surface area contributed by atoms with Crippen LogP contribution in [0.1, 0.15) is 27.2 Å². The quantitative estimate of drug-likeness (QED) is 0.789. The zero-order valence-electron chi connectivity index (χ0n) is 13.1. The average Bonchev–Trinajstić information content (AvgIpc) is 2.47. The molecule has 0 saturated heterocycles. The van der Waals surface area contributed by atoms with Crippen LogP contribution in [0.15, 0.2) is 18.2 Å². The summed E-state index contributed by atoms with van der Waals surface area (Å²) in [6.45, 7) is 6.03. The van der Waals surface area contributed by atoms with E-state index in [2.05, 4.69) is 19.2 Å². The monoisotopic (exact) mass is 316 g/mol. The van der Waals surface area contributed by atoms with Gasteiger partial charge in [-0.15, -0.1) is 0 Å². The minimum atomic E-state index is -0.458. The first kappa shape index (κ1) is 19.5. The predicted molar refractivity (Wildman–Crippen MR) is 87.1 cm³/mol. The second-order valence-electron chi connectivity index (χ2n) is 4.42. The fraction of sp³-hybridized carbons (Fsp3) is 0.533. The Morgan fingerprint density at radius 3 is 2.57 bits per heavy atom. The average molecular weight is 317 g/mol. The molecule has 1 unspecified atom stereocenters. The summed E-state index contributed by atoms with van der Waals surface area (Å²) in [4.78, 5) is 10.9. The summed E-state index contributed by atoms with van der Waals surface area (Å²) >= 11 is 6.01. The van der Waals surface area contributed by atoms with Crippen molar-refractivity contribution in [2.45, 2.75) is 33.3 Å². The number of benzene rings is 1. The second-order valence-corrected chi connectivity index (χ2v) is 4.83. The van der Waals surface area contributed by atoms with E-state index in [0.29, 0.717) is 10.8 Å². The van der Waals surface area contributed by atoms with Crippen LogP contribution in [0, 0.1) is 0 Å². The number of nitrogens with one attached hydrogen (secondary N) is 1. The molecule has 0 heterocycles. The maximum Gasteiger partial charge on any atom is 0.319 e. The molecule has 0 radical (unpaired) electrons. The lowest BCUT2D eigenvalue weighted by Gasteiger charge is -2.16. The van der Waals surface area contributed by atoms with Crippen LogP contribution >= 0.6 is 11.6 Å². The molecule has 0 aromatic heterocycles. The van der Waals surface area contributed by atoms with Crippen molar-refractivity contribution in [2.24, 2.45) is 5.73 Å². The normalized spacial score (nSPS) is 11.0.